The minimum atomic E-state index is 0.771. The van der Waals surface area contributed by atoms with Gasteiger partial charge in [0.05, 0.1) is 0 Å². The molecule has 0 aliphatic heterocycles. The maximum Gasteiger partial charge on any atom is 0.143 e. The van der Waals surface area contributed by atoms with Crippen LogP contribution in [0.1, 0.15) is 11.1 Å². The Kier molecular flexibility index (Phi) is 2.18. The summed E-state index contributed by atoms with van der Waals surface area (Å²) in [7, 11) is 0. The Bertz CT molecular complexity index is 294. The molecule has 0 aromatic heterocycles. The van der Waals surface area contributed by atoms with Crippen LogP contribution in [0.3, 0.4) is 0 Å². The third-order valence-electron chi connectivity index (χ3n) is 1.72. The van der Waals surface area contributed by atoms with Gasteiger partial charge in [-0.1, -0.05) is 18.6 Å². The SMILES string of the molecule is C#COc1cccc(C)c1C. The molecule has 0 radical (unpaired) electrons. The number of benzene rings is 1. The van der Waals surface area contributed by atoms with Crippen LogP contribution in [0.25, 0.3) is 0 Å². The fraction of sp³-hybridized carbons (Fsp3) is 0.200. The van der Waals surface area contributed by atoms with E-state index >= 15 is 0 Å². The van der Waals surface area contributed by atoms with Crippen molar-refractivity contribution in [3.8, 4) is 18.3 Å². The summed E-state index contributed by atoms with van der Waals surface area (Å²) < 4.78 is 4.95. The van der Waals surface area contributed by atoms with Crippen LogP contribution in [0.2, 0.25) is 0 Å². The summed E-state index contributed by atoms with van der Waals surface area (Å²) in [6, 6.07) is 5.82. The first-order valence-corrected chi connectivity index (χ1v) is 3.44. The molecule has 56 valence electrons. The van der Waals surface area contributed by atoms with Crippen LogP contribution >= 0.6 is 0 Å². The van der Waals surface area contributed by atoms with Gasteiger partial charge in [0, 0.05) is 0 Å². The van der Waals surface area contributed by atoms with Crippen LogP contribution in [0.4, 0.5) is 0 Å². The van der Waals surface area contributed by atoms with Gasteiger partial charge in [0.15, 0.2) is 0 Å². The van der Waals surface area contributed by atoms with Gasteiger partial charge in [-0.25, -0.2) is 0 Å². The Hall–Kier alpha value is -1.42. The standard InChI is InChI=1S/C10H10O/c1-4-11-10-7-5-6-8(2)9(10)3/h1,5-7H,2-3H3. The second-order valence-electron chi connectivity index (χ2n) is 2.42. The zero-order valence-corrected chi connectivity index (χ0v) is 6.72. The molecule has 0 fully saturated rings. The van der Waals surface area contributed by atoms with E-state index in [4.69, 9.17) is 11.2 Å². The maximum atomic E-state index is 5.01. The van der Waals surface area contributed by atoms with Crippen LogP contribution in [-0.4, -0.2) is 0 Å². The molecule has 0 saturated heterocycles. The number of aryl methyl sites for hydroxylation is 1. The van der Waals surface area contributed by atoms with Crippen molar-refractivity contribution in [3.05, 3.63) is 29.3 Å². The molecule has 1 aromatic carbocycles. The largest absolute Gasteiger partial charge is 0.408 e. The highest BCUT2D eigenvalue weighted by Crippen LogP contribution is 2.19. The third kappa shape index (κ3) is 1.53. The number of hydrogen-bond donors (Lipinski definition) is 0. The zero-order chi connectivity index (χ0) is 8.27. The van der Waals surface area contributed by atoms with E-state index in [-0.39, 0.29) is 0 Å². The van der Waals surface area contributed by atoms with Crippen molar-refractivity contribution in [3.63, 3.8) is 0 Å². The van der Waals surface area contributed by atoms with Gasteiger partial charge in [-0.05, 0) is 31.0 Å². The predicted molar refractivity (Wildman–Crippen MR) is 45.4 cm³/mol. The minimum Gasteiger partial charge on any atom is -0.408 e. The molecule has 1 rings (SSSR count). The fourth-order valence-electron chi connectivity index (χ4n) is 0.898. The van der Waals surface area contributed by atoms with E-state index in [1.54, 1.807) is 0 Å². The third-order valence-corrected chi connectivity index (χ3v) is 1.72. The van der Waals surface area contributed by atoms with E-state index in [0.717, 1.165) is 11.3 Å². The summed E-state index contributed by atoms with van der Waals surface area (Å²) in [4.78, 5) is 0. The van der Waals surface area contributed by atoms with Gasteiger partial charge in [-0.2, -0.15) is 0 Å². The first kappa shape index (κ1) is 7.68. The molecule has 0 N–H and O–H groups in total. The lowest BCUT2D eigenvalue weighted by Gasteiger charge is -2.03. The highest BCUT2D eigenvalue weighted by atomic mass is 16.5. The fourth-order valence-corrected chi connectivity index (χ4v) is 0.898. The molecule has 1 aromatic rings. The van der Waals surface area contributed by atoms with Gasteiger partial charge >= 0.3 is 0 Å². The molecular formula is C10H10O. The van der Waals surface area contributed by atoms with E-state index < -0.39 is 0 Å². The van der Waals surface area contributed by atoms with Crippen molar-refractivity contribution >= 4 is 0 Å². The molecule has 0 heterocycles. The lowest BCUT2D eigenvalue weighted by Crippen LogP contribution is -1.87. The molecule has 0 aliphatic rings. The number of ether oxygens (including phenoxy) is 1. The average molecular weight is 146 g/mol. The second kappa shape index (κ2) is 3.12. The topological polar surface area (TPSA) is 9.23 Å². The van der Waals surface area contributed by atoms with Crippen LogP contribution in [-0.2, 0) is 0 Å². The van der Waals surface area contributed by atoms with Gasteiger partial charge in [-0.15, -0.1) is 0 Å². The lowest BCUT2D eigenvalue weighted by atomic mass is 10.1. The maximum absolute atomic E-state index is 5.01. The monoisotopic (exact) mass is 146 g/mol. The van der Waals surface area contributed by atoms with Crippen LogP contribution in [0.15, 0.2) is 18.2 Å². The molecule has 0 saturated carbocycles. The van der Waals surface area contributed by atoms with Gasteiger partial charge in [0.25, 0.3) is 0 Å². The molecule has 1 heteroatoms. The summed E-state index contributed by atoms with van der Waals surface area (Å²) in [5.74, 6) is 0.771. The summed E-state index contributed by atoms with van der Waals surface area (Å²) in [5.41, 5.74) is 2.29. The predicted octanol–water partition coefficient (Wildman–Crippen LogP) is 2.27. The molecule has 0 unspecified atom stereocenters. The van der Waals surface area contributed by atoms with E-state index in [9.17, 15) is 0 Å². The summed E-state index contributed by atoms with van der Waals surface area (Å²) in [5, 5.41) is 0. The molecule has 0 amide bonds. The number of hydrogen-bond acceptors (Lipinski definition) is 1. The van der Waals surface area contributed by atoms with E-state index in [1.165, 1.54) is 5.56 Å². The van der Waals surface area contributed by atoms with E-state index in [1.807, 2.05) is 32.0 Å². The zero-order valence-electron chi connectivity index (χ0n) is 6.72. The molecule has 1 nitrogen and oxygen atoms in total. The summed E-state index contributed by atoms with van der Waals surface area (Å²) in [6.45, 7) is 4.01. The van der Waals surface area contributed by atoms with E-state index in [2.05, 4.69) is 6.11 Å². The van der Waals surface area contributed by atoms with Crippen LogP contribution < -0.4 is 4.74 Å². The quantitative estimate of drug-likeness (QED) is 0.552. The first-order chi connectivity index (χ1) is 5.25. The van der Waals surface area contributed by atoms with Gasteiger partial charge in [-0.3, -0.25) is 0 Å². The number of rotatable bonds is 1. The Balaban J connectivity index is 3.08. The van der Waals surface area contributed by atoms with Crippen molar-refractivity contribution in [1.29, 1.82) is 0 Å². The lowest BCUT2D eigenvalue weighted by molar-refractivity contribution is 0.516. The molecule has 11 heavy (non-hydrogen) atoms. The van der Waals surface area contributed by atoms with Crippen molar-refractivity contribution < 1.29 is 4.74 Å². The Morgan fingerprint density at radius 2 is 2.09 bits per heavy atom. The smallest absolute Gasteiger partial charge is 0.143 e. The van der Waals surface area contributed by atoms with Crippen molar-refractivity contribution in [2.45, 2.75) is 13.8 Å². The molecule has 0 atom stereocenters. The van der Waals surface area contributed by atoms with Crippen LogP contribution in [0.5, 0.6) is 5.75 Å². The van der Waals surface area contributed by atoms with Crippen molar-refractivity contribution in [2.75, 3.05) is 0 Å². The Labute approximate surface area is 67.0 Å². The molecular weight excluding hydrogens is 136 g/mol. The minimum absolute atomic E-state index is 0.771. The highest BCUT2D eigenvalue weighted by Gasteiger charge is 1.98. The molecule has 0 spiro atoms. The van der Waals surface area contributed by atoms with Gasteiger partial charge in [0.2, 0.25) is 0 Å². The normalized spacial score (nSPS) is 8.82. The molecule has 0 bridgehead atoms. The van der Waals surface area contributed by atoms with E-state index in [0.29, 0.717) is 0 Å². The molecule has 0 aliphatic carbocycles. The van der Waals surface area contributed by atoms with Gasteiger partial charge < -0.3 is 4.74 Å². The van der Waals surface area contributed by atoms with Crippen molar-refractivity contribution in [1.82, 2.24) is 0 Å². The highest BCUT2D eigenvalue weighted by molar-refractivity contribution is 5.38. The first-order valence-electron chi connectivity index (χ1n) is 3.44. The average Bonchev–Trinajstić information content (AvgIpc) is 1.99. The van der Waals surface area contributed by atoms with Crippen LogP contribution in [0, 0.1) is 26.4 Å². The summed E-state index contributed by atoms with van der Waals surface area (Å²) >= 11 is 0. The summed E-state index contributed by atoms with van der Waals surface area (Å²) in [6.07, 6.45) is 7.16. The second-order valence-corrected chi connectivity index (χ2v) is 2.42. The Morgan fingerprint density at radius 1 is 1.36 bits per heavy atom. The Morgan fingerprint density at radius 3 is 2.73 bits per heavy atom. The number of terminal acetylenes is 1. The van der Waals surface area contributed by atoms with Gasteiger partial charge in [0.1, 0.15) is 11.9 Å². The van der Waals surface area contributed by atoms with Crippen molar-refractivity contribution in [2.24, 2.45) is 0 Å².